The van der Waals surface area contributed by atoms with Gasteiger partial charge in [-0.2, -0.15) is 5.26 Å². The molecule has 0 aliphatic carbocycles. The van der Waals surface area contributed by atoms with Crippen LogP contribution in [0.4, 0.5) is 5.69 Å². The fraction of sp³-hybridized carbons (Fsp3) is 0.385. The van der Waals surface area contributed by atoms with E-state index < -0.39 is 0 Å². The molecule has 2 N–H and O–H groups in total. The first-order valence-corrected chi connectivity index (χ1v) is 6.49. The highest BCUT2D eigenvalue weighted by molar-refractivity contribution is 9.10. The molecule has 0 saturated heterocycles. The highest BCUT2D eigenvalue weighted by Crippen LogP contribution is 2.22. The van der Waals surface area contributed by atoms with Crippen molar-refractivity contribution in [2.45, 2.75) is 26.3 Å². The average molecular weight is 310 g/mol. The van der Waals surface area contributed by atoms with Crippen LogP contribution in [0.15, 0.2) is 22.7 Å². The summed E-state index contributed by atoms with van der Waals surface area (Å²) in [5.74, 6) is -0.112. The molecule has 4 nitrogen and oxygen atoms in total. The van der Waals surface area contributed by atoms with E-state index in [1.54, 1.807) is 23.1 Å². The highest BCUT2D eigenvalue weighted by Gasteiger charge is 2.20. The van der Waals surface area contributed by atoms with Crippen LogP contribution in [0.5, 0.6) is 0 Å². The molecule has 0 bridgehead atoms. The topological polar surface area (TPSA) is 70.1 Å². The minimum atomic E-state index is -0.112. The molecule has 0 atom stereocenters. The Morgan fingerprint density at radius 1 is 1.56 bits per heavy atom. The molecule has 0 unspecified atom stereocenters. The Morgan fingerprint density at radius 3 is 2.78 bits per heavy atom. The van der Waals surface area contributed by atoms with Crippen molar-refractivity contribution in [3.05, 3.63) is 28.2 Å². The van der Waals surface area contributed by atoms with Gasteiger partial charge in [-0.3, -0.25) is 4.79 Å². The summed E-state index contributed by atoms with van der Waals surface area (Å²) in [7, 11) is 0. The Labute approximate surface area is 116 Å². The number of hydrogen-bond acceptors (Lipinski definition) is 3. The van der Waals surface area contributed by atoms with E-state index in [-0.39, 0.29) is 11.9 Å². The summed E-state index contributed by atoms with van der Waals surface area (Å²) in [5, 5.41) is 8.63. The molecule has 18 heavy (non-hydrogen) atoms. The molecule has 1 rings (SSSR count). The number of nitrogens with zero attached hydrogens (tertiary/aromatic N) is 2. The van der Waals surface area contributed by atoms with Crippen molar-refractivity contribution in [1.29, 1.82) is 5.26 Å². The Bertz CT molecular complexity index is 480. The number of carbonyl (C=O) groups excluding carboxylic acids is 1. The number of carbonyl (C=O) groups is 1. The summed E-state index contributed by atoms with van der Waals surface area (Å²) in [4.78, 5) is 14.1. The predicted octanol–water partition coefficient (Wildman–Crippen LogP) is 2.80. The first-order chi connectivity index (χ1) is 8.47. The van der Waals surface area contributed by atoms with Gasteiger partial charge in [0.2, 0.25) is 0 Å². The van der Waals surface area contributed by atoms with Gasteiger partial charge in [0.1, 0.15) is 0 Å². The van der Waals surface area contributed by atoms with Crippen molar-refractivity contribution in [3.63, 3.8) is 0 Å². The van der Waals surface area contributed by atoms with Gasteiger partial charge in [0.15, 0.2) is 0 Å². The number of benzene rings is 1. The molecular formula is C13H16BrN3O. The zero-order valence-corrected chi connectivity index (χ0v) is 12.1. The molecule has 0 saturated carbocycles. The third-order valence-corrected chi connectivity index (χ3v) is 3.26. The monoisotopic (exact) mass is 309 g/mol. The summed E-state index contributed by atoms with van der Waals surface area (Å²) in [6.45, 7) is 4.28. The molecule has 96 valence electrons. The molecule has 0 heterocycles. The van der Waals surface area contributed by atoms with Gasteiger partial charge in [-0.1, -0.05) is 0 Å². The number of anilines is 1. The third-order valence-electron chi connectivity index (χ3n) is 2.57. The SMILES string of the molecule is CC(C)N(CCC#N)C(=O)c1cc(N)ccc1Br. The quantitative estimate of drug-likeness (QED) is 0.869. The summed E-state index contributed by atoms with van der Waals surface area (Å²) in [6, 6.07) is 7.23. The van der Waals surface area contributed by atoms with Crippen molar-refractivity contribution in [1.82, 2.24) is 4.90 Å². The maximum atomic E-state index is 12.4. The van der Waals surface area contributed by atoms with E-state index in [2.05, 4.69) is 22.0 Å². The molecule has 0 radical (unpaired) electrons. The van der Waals surface area contributed by atoms with Gasteiger partial charge in [0, 0.05) is 22.7 Å². The normalized spacial score (nSPS) is 10.2. The van der Waals surface area contributed by atoms with Crippen LogP contribution in [0.25, 0.3) is 0 Å². The second-order valence-corrected chi connectivity index (χ2v) is 5.09. The summed E-state index contributed by atoms with van der Waals surface area (Å²) in [6.07, 6.45) is 0.323. The van der Waals surface area contributed by atoms with Crippen molar-refractivity contribution in [2.24, 2.45) is 0 Å². The van der Waals surface area contributed by atoms with E-state index in [9.17, 15) is 4.79 Å². The number of amides is 1. The van der Waals surface area contributed by atoms with Crippen LogP contribution in [0.2, 0.25) is 0 Å². The second kappa shape index (κ2) is 6.41. The van der Waals surface area contributed by atoms with Gasteiger partial charge < -0.3 is 10.6 Å². The fourth-order valence-corrected chi connectivity index (χ4v) is 2.04. The van der Waals surface area contributed by atoms with Gasteiger partial charge in [-0.25, -0.2) is 0 Å². The number of hydrogen-bond donors (Lipinski definition) is 1. The smallest absolute Gasteiger partial charge is 0.255 e. The van der Waals surface area contributed by atoms with E-state index >= 15 is 0 Å². The minimum absolute atomic E-state index is 0.0409. The lowest BCUT2D eigenvalue weighted by atomic mass is 10.1. The molecule has 1 aromatic carbocycles. The Morgan fingerprint density at radius 2 is 2.22 bits per heavy atom. The van der Waals surface area contributed by atoms with Crippen molar-refractivity contribution >= 4 is 27.5 Å². The minimum Gasteiger partial charge on any atom is -0.399 e. The summed E-state index contributed by atoms with van der Waals surface area (Å²) in [5.41, 5.74) is 6.77. The Balaban J connectivity index is 3.02. The first kappa shape index (κ1) is 14.5. The van der Waals surface area contributed by atoms with E-state index in [0.717, 1.165) is 0 Å². The molecular weight excluding hydrogens is 294 g/mol. The number of nitrogen functional groups attached to an aromatic ring is 1. The van der Waals surface area contributed by atoms with Crippen molar-refractivity contribution in [2.75, 3.05) is 12.3 Å². The number of rotatable bonds is 4. The first-order valence-electron chi connectivity index (χ1n) is 5.70. The van der Waals surface area contributed by atoms with Crippen LogP contribution in [0.1, 0.15) is 30.6 Å². The fourth-order valence-electron chi connectivity index (χ4n) is 1.63. The average Bonchev–Trinajstić information content (AvgIpc) is 2.32. The molecule has 0 spiro atoms. The Kier molecular flexibility index (Phi) is 5.17. The van der Waals surface area contributed by atoms with Crippen LogP contribution < -0.4 is 5.73 Å². The zero-order valence-electron chi connectivity index (χ0n) is 10.5. The van der Waals surface area contributed by atoms with Crippen molar-refractivity contribution < 1.29 is 4.79 Å². The van der Waals surface area contributed by atoms with Crippen molar-refractivity contribution in [3.8, 4) is 6.07 Å². The maximum absolute atomic E-state index is 12.4. The van der Waals surface area contributed by atoms with Crippen LogP contribution in [-0.4, -0.2) is 23.4 Å². The van der Waals surface area contributed by atoms with E-state index in [0.29, 0.717) is 28.7 Å². The molecule has 5 heteroatoms. The van der Waals surface area contributed by atoms with E-state index in [4.69, 9.17) is 11.0 Å². The van der Waals surface area contributed by atoms with Gasteiger partial charge in [-0.15, -0.1) is 0 Å². The van der Waals surface area contributed by atoms with Gasteiger partial charge >= 0.3 is 0 Å². The summed E-state index contributed by atoms with van der Waals surface area (Å²) >= 11 is 3.35. The van der Waals surface area contributed by atoms with Gasteiger partial charge in [0.05, 0.1) is 18.1 Å². The molecule has 0 aliphatic rings. The lowest BCUT2D eigenvalue weighted by Gasteiger charge is -2.26. The lowest BCUT2D eigenvalue weighted by molar-refractivity contribution is 0.0709. The van der Waals surface area contributed by atoms with Gasteiger partial charge in [0.25, 0.3) is 5.91 Å². The molecule has 0 aliphatic heterocycles. The van der Waals surface area contributed by atoms with Crippen LogP contribution >= 0.6 is 15.9 Å². The molecule has 1 aromatic rings. The number of nitriles is 1. The predicted molar refractivity (Wildman–Crippen MR) is 75.0 cm³/mol. The number of halogens is 1. The molecule has 1 amide bonds. The number of nitrogens with two attached hydrogens (primary N) is 1. The van der Waals surface area contributed by atoms with Crippen LogP contribution in [0, 0.1) is 11.3 Å². The van der Waals surface area contributed by atoms with Crippen LogP contribution in [0.3, 0.4) is 0 Å². The zero-order chi connectivity index (χ0) is 13.7. The van der Waals surface area contributed by atoms with E-state index in [1.165, 1.54) is 0 Å². The summed E-state index contributed by atoms with van der Waals surface area (Å²) < 4.78 is 0.712. The largest absolute Gasteiger partial charge is 0.399 e. The van der Waals surface area contributed by atoms with Gasteiger partial charge in [-0.05, 0) is 48.0 Å². The highest BCUT2D eigenvalue weighted by atomic mass is 79.9. The third kappa shape index (κ3) is 3.47. The lowest BCUT2D eigenvalue weighted by Crippen LogP contribution is -2.37. The van der Waals surface area contributed by atoms with E-state index in [1.807, 2.05) is 13.8 Å². The van der Waals surface area contributed by atoms with Crippen LogP contribution in [-0.2, 0) is 0 Å². The molecule has 0 aromatic heterocycles. The molecule has 0 fully saturated rings. The Hall–Kier alpha value is -1.54. The standard InChI is InChI=1S/C13H16BrN3O/c1-9(2)17(7-3-6-15)13(18)11-8-10(16)4-5-12(11)14/h4-5,8-9H,3,7,16H2,1-2H3. The maximum Gasteiger partial charge on any atom is 0.255 e. The second-order valence-electron chi connectivity index (χ2n) is 4.24.